The number of nitro benzene ring substituents is 1. The number of nitrogen functional groups attached to an aromatic ring is 1. The molecule has 0 fully saturated rings. The Balaban J connectivity index is 0.00000242. The number of non-ortho nitro benzene ring substituents is 1. The quantitative estimate of drug-likeness (QED) is 0.315. The number of nitrogens with two attached hydrogens (primary N) is 1. The van der Waals surface area contributed by atoms with E-state index in [1.807, 2.05) is 6.92 Å². The van der Waals surface area contributed by atoms with E-state index in [-0.39, 0.29) is 47.8 Å². The minimum atomic E-state index is -0.561. The third kappa shape index (κ3) is 4.69. The molecule has 0 radical (unpaired) electrons. The Labute approximate surface area is 143 Å². The van der Waals surface area contributed by atoms with Crippen LogP contribution in [0.15, 0.2) is 23.3 Å². The molecule has 4 N–H and O–H groups in total. The maximum Gasteiger partial charge on any atom is 0.270 e. The molecule has 0 unspecified atom stereocenters. The molecule has 1 aromatic carbocycles. The molecule has 0 bridgehead atoms. The molecule has 1 aromatic heterocycles. The molecular weight excluding hydrogens is 349 g/mol. The standard InChI is InChI=1S/C11H13N7O3.2ClH/c1-2-10-14-16-11(17(10)12)15-13-6-7-5-8(18(20)21)3-4-9(7)19;;/h3-6,19H,2,12H2,1H3,(H,15,16);2*1H. The molecule has 23 heavy (non-hydrogen) atoms. The van der Waals surface area contributed by atoms with Crippen LogP contribution in [0.5, 0.6) is 5.75 Å². The number of rotatable bonds is 5. The van der Waals surface area contributed by atoms with Crippen LogP contribution in [0.4, 0.5) is 11.6 Å². The highest BCUT2D eigenvalue weighted by molar-refractivity contribution is 5.86. The summed E-state index contributed by atoms with van der Waals surface area (Å²) < 4.78 is 1.24. The molecule has 0 saturated heterocycles. The van der Waals surface area contributed by atoms with Crippen molar-refractivity contribution in [1.29, 1.82) is 0 Å². The smallest absolute Gasteiger partial charge is 0.270 e. The fourth-order valence-electron chi connectivity index (χ4n) is 1.56. The topological polar surface area (TPSA) is 144 Å². The van der Waals surface area contributed by atoms with Gasteiger partial charge in [-0.15, -0.1) is 35.0 Å². The molecule has 0 spiro atoms. The second-order valence-electron chi connectivity index (χ2n) is 4.03. The lowest BCUT2D eigenvalue weighted by molar-refractivity contribution is -0.384. The van der Waals surface area contributed by atoms with E-state index in [9.17, 15) is 15.2 Å². The van der Waals surface area contributed by atoms with Gasteiger partial charge in [-0.05, 0) is 6.07 Å². The summed E-state index contributed by atoms with van der Waals surface area (Å²) in [6.45, 7) is 1.88. The number of hydrazone groups is 1. The zero-order valence-corrected chi connectivity index (χ0v) is 13.5. The van der Waals surface area contributed by atoms with E-state index >= 15 is 0 Å². The van der Waals surface area contributed by atoms with E-state index in [4.69, 9.17) is 5.84 Å². The highest BCUT2D eigenvalue weighted by atomic mass is 35.5. The van der Waals surface area contributed by atoms with Crippen LogP contribution in [-0.4, -0.2) is 31.1 Å². The predicted molar refractivity (Wildman–Crippen MR) is 90.0 cm³/mol. The number of aromatic nitrogens is 3. The monoisotopic (exact) mass is 363 g/mol. The fourth-order valence-corrected chi connectivity index (χ4v) is 1.56. The molecule has 0 saturated carbocycles. The summed E-state index contributed by atoms with van der Waals surface area (Å²) in [5.41, 5.74) is 2.59. The Morgan fingerprint density at radius 1 is 1.48 bits per heavy atom. The van der Waals surface area contributed by atoms with E-state index in [1.165, 1.54) is 29.1 Å². The lowest BCUT2D eigenvalue weighted by Gasteiger charge is -2.01. The summed E-state index contributed by atoms with van der Waals surface area (Å²) in [6.07, 6.45) is 1.84. The Kier molecular flexibility index (Phi) is 7.77. The Morgan fingerprint density at radius 2 is 2.17 bits per heavy atom. The normalized spacial score (nSPS) is 9.96. The molecule has 0 aliphatic carbocycles. The summed E-state index contributed by atoms with van der Waals surface area (Å²) in [5, 5.41) is 31.7. The van der Waals surface area contributed by atoms with Crippen molar-refractivity contribution < 1.29 is 10.0 Å². The first-order valence-electron chi connectivity index (χ1n) is 5.98. The summed E-state index contributed by atoms with van der Waals surface area (Å²) in [7, 11) is 0. The molecule has 0 aliphatic heterocycles. The van der Waals surface area contributed by atoms with E-state index in [0.29, 0.717) is 12.2 Å². The van der Waals surface area contributed by atoms with Crippen LogP contribution in [0, 0.1) is 10.1 Å². The van der Waals surface area contributed by atoms with Gasteiger partial charge in [0.05, 0.1) is 11.1 Å². The highest BCUT2D eigenvalue weighted by Gasteiger charge is 2.09. The Morgan fingerprint density at radius 3 is 2.74 bits per heavy atom. The molecule has 12 heteroatoms. The summed E-state index contributed by atoms with van der Waals surface area (Å²) >= 11 is 0. The number of phenols is 1. The summed E-state index contributed by atoms with van der Waals surface area (Å²) in [6, 6.07) is 3.62. The third-order valence-electron chi connectivity index (χ3n) is 2.67. The summed E-state index contributed by atoms with van der Waals surface area (Å²) in [4.78, 5) is 10.1. The number of aryl methyl sites for hydroxylation is 1. The van der Waals surface area contributed by atoms with Gasteiger partial charge >= 0.3 is 0 Å². The SMILES string of the molecule is CCc1nnc(NN=Cc2cc([N+](=O)[O-])ccc2O)n1N.Cl.Cl. The average molecular weight is 364 g/mol. The summed E-state index contributed by atoms with van der Waals surface area (Å²) in [5.74, 6) is 6.36. The molecule has 10 nitrogen and oxygen atoms in total. The number of nitrogens with zero attached hydrogens (tertiary/aromatic N) is 5. The molecular formula is C11H15Cl2N7O3. The van der Waals surface area contributed by atoms with Gasteiger partial charge in [0, 0.05) is 24.1 Å². The van der Waals surface area contributed by atoms with Crippen molar-refractivity contribution in [3.8, 4) is 5.75 Å². The lowest BCUT2D eigenvalue weighted by atomic mass is 10.2. The number of phenolic OH excluding ortho intramolecular Hbond substituents is 1. The second-order valence-corrected chi connectivity index (χ2v) is 4.03. The van der Waals surface area contributed by atoms with Gasteiger partial charge < -0.3 is 10.9 Å². The van der Waals surface area contributed by atoms with Crippen molar-refractivity contribution in [2.24, 2.45) is 5.10 Å². The minimum absolute atomic E-state index is 0. The maximum absolute atomic E-state index is 10.7. The van der Waals surface area contributed by atoms with Crippen molar-refractivity contribution in [3.63, 3.8) is 0 Å². The number of aromatic hydroxyl groups is 1. The minimum Gasteiger partial charge on any atom is -0.507 e. The maximum atomic E-state index is 10.7. The van der Waals surface area contributed by atoms with Crippen LogP contribution < -0.4 is 11.3 Å². The van der Waals surface area contributed by atoms with Gasteiger partial charge in [-0.3, -0.25) is 10.1 Å². The number of benzene rings is 1. The fraction of sp³-hybridized carbons (Fsp3) is 0.182. The molecule has 2 aromatic rings. The second kappa shape index (κ2) is 8.76. The zero-order valence-electron chi connectivity index (χ0n) is 11.9. The van der Waals surface area contributed by atoms with E-state index < -0.39 is 4.92 Å². The van der Waals surface area contributed by atoms with Crippen LogP contribution in [0.25, 0.3) is 0 Å². The van der Waals surface area contributed by atoms with Crippen LogP contribution in [0.2, 0.25) is 0 Å². The van der Waals surface area contributed by atoms with Crippen LogP contribution in [0.1, 0.15) is 18.3 Å². The van der Waals surface area contributed by atoms with Crippen molar-refractivity contribution in [2.45, 2.75) is 13.3 Å². The van der Waals surface area contributed by atoms with E-state index in [2.05, 4.69) is 20.7 Å². The Bertz CT molecular complexity index is 705. The van der Waals surface area contributed by atoms with Crippen molar-refractivity contribution in [2.75, 3.05) is 11.3 Å². The van der Waals surface area contributed by atoms with Gasteiger partial charge in [-0.1, -0.05) is 6.92 Å². The highest BCUT2D eigenvalue weighted by Crippen LogP contribution is 2.21. The molecule has 1 heterocycles. The first-order chi connectivity index (χ1) is 10.0. The van der Waals surface area contributed by atoms with Gasteiger partial charge in [0.2, 0.25) is 0 Å². The molecule has 2 rings (SSSR count). The van der Waals surface area contributed by atoms with Crippen LogP contribution in [-0.2, 0) is 6.42 Å². The lowest BCUT2D eigenvalue weighted by Crippen LogP contribution is -2.14. The zero-order chi connectivity index (χ0) is 15.4. The molecule has 0 aliphatic rings. The number of nitrogens with one attached hydrogen (secondary N) is 1. The Hall–Kier alpha value is -2.59. The van der Waals surface area contributed by atoms with E-state index in [0.717, 1.165) is 0 Å². The first kappa shape index (κ1) is 20.4. The van der Waals surface area contributed by atoms with Gasteiger partial charge in [-0.2, -0.15) is 5.10 Å². The van der Waals surface area contributed by atoms with Crippen molar-refractivity contribution in [3.05, 3.63) is 39.7 Å². The third-order valence-corrected chi connectivity index (χ3v) is 2.67. The van der Waals surface area contributed by atoms with Gasteiger partial charge in [-0.25, -0.2) is 10.1 Å². The number of hydrogen-bond acceptors (Lipinski definition) is 8. The average Bonchev–Trinajstić information content (AvgIpc) is 2.81. The van der Waals surface area contributed by atoms with Gasteiger partial charge in [0.25, 0.3) is 11.6 Å². The molecule has 0 amide bonds. The van der Waals surface area contributed by atoms with Crippen LogP contribution in [0.3, 0.4) is 0 Å². The number of nitro groups is 1. The number of anilines is 1. The largest absolute Gasteiger partial charge is 0.507 e. The van der Waals surface area contributed by atoms with Crippen molar-refractivity contribution >= 4 is 42.7 Å². The molecule has 0 atom stereocenters. The number of hydrogen-bond donors (Lipinski definition) is 3. The molecule has 126 valence electrons. The van der Waals surface area contributed by atoms with Gasteiger partial charge in [0.1, 0.15) is 5.75 Å². The van der Waals surface area contributed by atoms with E-state index in [1.54, 1.807) is 0 Å². The first-order valence-corrected chi connectivity index (χ1v) is 5.98. The van der Waals surface area contributed by atoms with Gasteiger partial charge in [0.15, 0.2) is 5.82 Å². The van der Waals surface area contributed by atoms with Crippen molar-refractivity contribution in [1.82, 2.24) is 14.9 Å². The number of halogens is 2. The van der Waals surface area contributed by atoms with Crippen LogP contribution >= 0.6 is 24.8 Å². The predicted octanol–water partition coefficient (Wildman–Crippen LogP) is 1.46.